The van der Waals surface area contributed by atoms with Gasteiger partial charge in [0.05, 0.1) is 10.7 Å². The summed E-state index contributed by atoms with van der Waals surface area (Å²) in [4.78, 5) is 27.9. The monoisotopic (exact) mass is 357 g/mol. The van der Waals surface area contributed by atoms with Crippen LogP contribution in [0.5, 0.6) is 0 Å². The summed E-state index contributed by atoms with van der Waals surface area (Å²) < 4.78 is 0. The van der Waals surface area contributed by atoms with Crippen molar-refractivity contribution in [3.63, 3.8) is 0 Å². The zero-order valence-electron chi connectivity index (χ0n) is 14.3. The Hall–Kier alpha value is -2.53. The van der Waals surface area contributed by atoms with Crippen LogP contribution in [0.4, 0.5) is 10.5 Å². The van der Waals surface area contributed by atoms with E-state index in [1.165, 1.54) is 10.5 Å². The third-order valence-electron chi connectivity index (χ3n) is 4.28. The number of nitrogens with zero attached hydrogens (tertiary/aromatic N) is 2. The number of carbonyl (C=O) groups excluding carboxylic acids is 2. The van der Waals surface area contributed by atoms with Gasteiger partial charge in [-0.25, -0.2) is 4.79 Å². The molecule has 0 bridgehead atoms. The molecule has 0 radical (unpaired) electrons. The van der Waals surface area contributed by atoms with E-state index in [0.29, 0.717) is 29.4 Å². The van der Waals surface area contributed by atoms with E-state index in [0.717, 1.165) is 12.0 Å². The van der Waals surface area contributed by atoms with E-state index in [2.05, 4.69) is 11.4 Å². The minimum atomic E-state index is -0.217. The van der Waals surface area contributed by atoms with Gasteiger partial charge in [0, 0.05) is 32.7 Å². The van der Waals surface area contributed by atoms with E-state index in [1.807, 2.05) is 18.2 Å². The smallest absolute Gasteiger partial charge is 0.322 e. The van der Waals surface area contributed by atoms with Gasteiger partial charge in [-0.2, -0.15) is 0 Å². The number of urea groups is 1. The molecule has 0 saturated heterocycles. The molecule has 2 aromatic rings. The maximum absolute atomic E-state index is 12.6. The first-order valence-corrected chi connectivity index (χ1v) is 8.47. The highest BCUT2D eigenvalue weighted by Crippen LogP contribution is 2.25. The molecule has 0 unspecified atom stereocenters. The highest BCUT2D eigenvalue weighted by atomic mass is 35.5. The Kier molecular flexibility index (Phi) is 4.95. The number of benzene rings is 2. The number of hydrogen-bond donors (Lipinski definition) is 1. The Morgan fingerprint density at radius 2 is 1.84 bits per heavy atom. The van der Waals surface area contributed by atoms with E-state index in [9.17, 15) is 9.59 Å². The van der Waals surface area contributed by atoms with Crippen LogP contribution in [0.25, 0.3) is 0 Å². The molecule has 0 fully saturated rings. The summed E-state index contributed by atoms with van der Waals surface area (Å²) in [6.45, 7) is 1.22. The zero-order chi connectivity index (χ0) is 18.0. The van der Waals surface area contributed by atoms with Crippen LogP contribution >= 0.6 is 11.6 Å². The summed E-state index contributed by atoms with van der Waals surface area (Å²) in [5.41, 5.74) is 3.36. The van der Waals surface area contributed by atoms with Crippen molar-refractivity contribution in [3.8, 4) is 0 Å². The van der Waals surface area contributed by atoms with Crippen LogP contribution in [0.15, 0.2) is 42.5 Å². The Morgan fingerprint density at radius 1 is 1.12 bits per heavy atom. The topological polar surface area (TPSA) is 52.7 Å². The van der Waals surface area contributed by atoms with Gasteiger partial charge >= 0.3 is 6.03 Å². The summed E-state index contributed by atoms with van der Waals surface area (Å²) in [6.07, 6.45) is 0.830. The van der Waals surface area contributed by atoms with Gasteiger partial charge in [0.15, 0.2) is 0 Å². The predicted octanol–water partition coefficient (Wildman–Crippen LogP) is 3.63. The van der Waals surface area contributed by atoms with Crippen LogP contribution in [-0.2, 0) is 13.0 Å². The molecule has 25 heavy (non-hydrogen) atoms. The van der Waals surface area contributed by atoms with Gasteiger partial charge < -0.3 is 15.1 Å². The largest absolute Gasteiger partial charge is 0.345 e. The standard InChI is InChI=1S/C19H20ClN3O2/c1-22(2)18(24)14-7-8-16(20)17(11-14)21-19(25)23-10-9-13-5-3-4-6-15(13)12-23/h3-8,11H,9-10,12H2,1-2H3,(H,21,25). The molecule has 0 spiro atoms. The molecule has 0 aromatic heterocycles. The quantitative estimate of drug-likeness (QED) is 0.892. The van der Waals surface area contributed by atoms with Gasteiger partial charge in [-0.05, 0) is 35.7 Å². The first-order valence-electron chi connectivity index (χ1n) is 8.09. The lowest BCUT2D eigenvalue weighted by atomic mass is 10.0. The van der Waals surface area contributed by atoms with Gasteiger partial charge in [0.25, 0.3) is 5.91 Å². The molecule has 3 amide bonds. The maximum Gasteiger partial charge on any atom is 0.322 e. The van der Waals surface area contributed by atoms with Crippen LogP contribution in [0.1, 0.15) is 21.5 Å². The van der Waals surface area contributed by atoms with Crippen LogP contribution in [0.3, 0.4) is 0 Å². The average molecular weight is 358 g/mol. The molecule has 1 aliphatic heterocycles. The van der Waals surface area contributed by atoms with Crippen LogP contribution in [0, 0.1) is 0 Å². The molecule has 6 heteroatoms. The zero-order valence-corrected chi connectivity index (χ0v) is 15.0. The Morgan fingerprint density at radius 3 is 2.56 bits per heavy atom. The van der Waals surface area contributed by atoms with Gasteiger partial charge in [-0.3, -0.25) is 4.79 Å². The van der Waals surface area contributed by atoms with Gasteiger partial charge in [0.2, 0.25) is 0 Å². The number of amides is 3. The molecule has 1 heterocycles. The lowest BCUT2D eigenvalue weighted by Crippen LogP contribution is -2.38. The predicted molar refractivity (Wildman–Crippen MR) is 99.0 cm³/mol. The summed E-state index contributed by atoms with van der Waals surface area (Å²) >= 11 is 6.19. The lowest BCUT2D eigenvalue weighted by molar-refractivity contribution is 0.0827. The van der Waals surface area contributed by atoms with Crippen molar-refractivity contribution in [2.75, 3.05) is 26.0 Å². The molecule has 1 N–H and O–H groups in total. The fourth-order valence-corrected chi connectivity index (χ4v) is 3.04. The number of halogens is 1. The van der Waals surface area contributed by atoms with Crippen LogP contribution in [-0.4, -0.2) is 42.4 Å². The van der Waals surface area contributed by atoms with Crippen molar-refractivity contribution in [1.82, 2.24) is 9.80 Å². The summed E-state index contributed by atoms with van der Waals surface area (Å²) in [6, 6.07) is 12.8. The molecule has 1 aliphatic rings. The van der Waals surface area contributed by atoms with E-state index in [-0.39, 0.29) is 11.9 Å². The normalized spacial score (nSPS) is 13.2. The van der Waals surface area contributed by atoms with Gasteiger partial charge in [-0.15, -0.1) is 0 Å². The summed E-state index contributed by atoms with van der Waals surface area (Å²) in [7, 11) is 3.36. The summed E-state index contributed by atoms with van der Waals surface area (Å²) in [5, 5.41) is 3.23. The van der Waals surface area contributed by atoms with Crippen molar-refractivity contribution in [2.24, 2.45) is 0 Å². The van der Waals surface area contributed by atoms with Crippen molar-refractivity contribution in [3.05, 3.63) is 64.2 Å². The number of nitrogens with one attached hydrogen (secondary N) is 1. The molecule has 0 saturated carbocycles. The van der Waals surface area contributed by atoms with E-state index in [1.54, 1.807) is 37.2 Å². The van der Waals surface area contributed by atoms with Crippen molar-refractivity contribution >= 4 is 29.2 Å². The minimum absolute atomic E-state index is 0.140. The van der Waals surface area contributed by atoms with Crippen molar-refractivity contribution < 1.29 is 9.59 Å². The number of hydrogen-bond acceptors (Lipinski definition) is 2. The number of rotatable bonds is 2. The molecule has 2 aromatic carbocycles. The second-order valence-corrected chi connectivity index (χ2v) is 6.67. The van der Waals surface area contributed by atoms with E-state index in [4.69, 9.17) is 11.6 Å². The van der Waals surface area contributed by atoms with E-state index < -0.39 is 0 Å². The molecular weight excluding hydrogens is 338 g/mol. The Balaban J connectivity index is 1.75. The summed E-state index contributed by atoms with van der Waals surface area (Å²) in [5.74, 6) is -0.140. The number of anilines is 1. The molecule has 5 nitrogen and oxygen atoms in total. The van der Waals surface area contributed by atoms with E-state index >= 15 is 0 Å². The van der Waals surface area contributed by atoms with Gasteiger partial charge in [0.1, 0.15) is 0 Å². The minimum Gasteiger partial charge on any atom is -0.345 e. The first-order chi connectivity index (χ1) is 12.0. The Labute approximate surface area is 152 Å². The third kappa shape index (κ3) is 3.77. The SMILES string of the molecule is CN(C)C(=O)c1ccc(Cl)c(NC(=O)N2CCc3ccccc3C2)c1. The van der Waals surface area contributed by atoms with Crippen molar-refractivity contribution in [2.45, 2.75) is 13.0 Å². The third-order valence-corrected chi connectivity index (χ3v) is 4.61. The number of carbonyl (C=O) groups is 2. The fourth-order valence-electron chi connectivity index (χ4n) is 2.88. The van der Waals surface area contributed by atoms with Crippen LogP contribution < -0.4 is 5.32 Å². The molecule has 3 rings (SSSR count). The lowest BCUT2D eigenvalue weighted by Gasteiger charge is -2.29. The van der Waals surface area contributed by atoms with Gasteiger partial charge in [-0.1, -0.05) is 35.9 Å². The Bertz CT molecular complexity index is 820. The van der Waals surface area contributed by atoms with Crippen LogP contribution in [0.2, 0.25) is 5.02 Å². The van der Waals surface area contributed by atoms with Crippen molar-refractivity contribution in [1.29, 1.82) is 0 Å². The molecule has 0 atom stereocenters. The fraction of sp³-hybridized carbons (Fsp3) is 0.263. The highest BCUT2D eigenvalue weighted by molar-refractivity contribution is 6.33. The first kappa shape index (κ1) is 17.3. The maximum atomic E-state index is 12.6. The average Bonchev–Trinajstić information content (AvgIpc) is 2.62. The molecule has 0 aliphatic carbocycles. The molecular formula is C19H20ClN3O2. The highest BCUT2D eigenvalue weighted by Gasteiger charge is 2.21. The number of fused-ring (bicyclic) bond motifs is 1. The second-order valence-electron chi connectivity index (χ2n) is 6.26. The molecule has 130 valence electrons. The second kappa shape index (κ2) is 7.15.